The molecule has 0 aliphatic carbocycles. The standard InChI is InChI=1S/C14H22N2O3/c1-2-9-18-10-5-8-16-14(17)11-19-13-7-4-3-6-12(13)15/h3-4,6-7H,2,5,8-11,15H2,1H3,(H,16,17). The van der Waals surface area contributed by atoms with Crippen LogP contribution in [0.5, 0.6) is 5.75 Å². The van der Waals surface area contributed by atoms with Gasteiger partial charge in [0.1, 0.15) is 5.75 Å². The minimum atomic E-state index is -0.154. The van der Waals surface area contributed by atoms with Crippen LogP contribution in [0.25, 0.3) is 0 Å². The number of para-hydroxylation sites is 2. The van der Waals surface area contributed by atoms with Gasteiger partial charge in [0.15, 0.2) is 6.61 Å². The molecule has 0 fully saturated rings. The van der Waals surface area contributed by atoms with Gasteiger partial charge in [0, 0.05) is 19.8 Å². The molecule has 1 amide bonds. The lowest BCUT2D eigenvalue weighted by Gasteiger charge is -2.09. The fourth-order valence-corrected chi connectivity index (χ4v) is 1.45. The SMILES string of the molecule is CCCOCCCNC(=O)COc1ccccc1N. The molecule has 0 aromatic heterocycles. The van der Waals surface area contributed by atoms with E-state index in [2.05, 4.69) is 12.2 Å². The third-order valence-corrected chi connectivity index (χ3v) is 2.41. The zero-order valence-corrected chi connectivity index (χ0v) is 11.4. The summed E-state index contributed by atoms with van der Waals surface area (Å²) >= 11 is 0. The van der Waals surface area contributed by atoms with Crippen LogP contribution in [0.2, 0.25) is 0 Å². The Balaban J connectivity index is 2.10. The van der Waals surface area contributed by atoms with E-state index in [1.54, 1.807) is 12.1 Å². The fraction of sp³-hybridized carbons (Fsp3) is 0.500. The van der Waals surface area contributed by atoms with E-state index in [1.165, 1.54) is 0 Å². The summed E-state index contributed by atoms with van der Waals surface area (Å²) in [4.78, 5) is 11.5. The van der Waals surface area contributed by atoms with E-state index in [1.807, 2.05) is 12.1 Å². The lowest BCUT2D eigenvalue weighted by Crippen LogP contribution is -2.30. The molecule has 0 aliphatic rings. The summed E-state index contributed by atoms with van der Waals surface area (Å²) < 4.78 is 10.6. The smallest absolute Gasteiger partial charge is 0.257 e. The van der Waals surface area contributed by atoms with Crippen molar-refractivity contribution in [3.8, 4) is 5.75 Å². The highest BCUT2D eigenvalue weighted by molar-refractivity contribution is 5.77. The summed E-state index contributed by atoms with van der Waals surface area (Å²) in [7, 11) is 0. The van der Waals surface area contributed by atoms with Crippen LogP contribution in [0.15, 0.2) is 24.3 Å². The van der Waals surface area contributed by atoms with Gasteiger partial charge < -0.3 is 20.5 Å². The van der Waals surface area contributed by atoms with Crippen LogP contribution in [0.3, 0.4) is 0 Å². The zero-order valence-electron chi connectivity index (χ0n) is 11.4. The van der Waals surface area contributed by atoms with Crippen molar-refractivity contribution in [3.63, 3.8) is 0 Å². The topological polar surface area (TPSA) is 73.6 Å². The first kappa shape index (κ1) is 15.3. The summed E-state index contributed by atoms with van der Waals surface area (Å²) in [5.74, 6) is 0.377. The number of anilines is 1. The van der Waals surface area contributed by atoms with E-state index < -0.39 is 0 Å². The van der Waals surface area contributed by atoms with Crippen molar-refractivity contribution >= 4 is 11.6 Å². The quantitative estimate of drug-likeness (QED) is 0.526. The fourth-order valence-electron chi connectivity index (χ4n) is 1.45. The maximum atomic E-state index is 11.5. The monoisotopic (exact) mass is 266 g/mol. The van der Waals surface area contributed by atoms with Crippen molar-refractivity contribution in [1.29, 1.82) is 0 Å². The second-order valence-electron chi connectivity index (χ2n) is 4.14. The largest absolute Gasteiger partial charge is 0.482 e. The van der Waals surface area contributed by atoms with Crippen molar-refractivity contribution in [2.75, 3.05) is 32.1 Å². The van der Waals surface area contributed by atoms with Gasteiger partial charge in [0.25, 0.3) is 5.91 Å². The Labute approximate surface area is 114 Å². The molecule has 0 radical (unpaired) electrons. The minimum absolute atomic E-state index is 0.0238. The number of benzene rings is 1. The number of nitrogens with two attached hydrogens (primary N) is 1. The molecule has 19 heavy (non-hydrogen) atoms. The predicted molar refractivity (Wildman–Crippen MR) is 75.1 cm³/mol. The molecule has 3 N–H and O–H groups in total. The highest BCUT2D eigenvalue weighted by Gasteiger charge is 2.03. The molecule has 0 heterocycles. The lowest BCUT2D eigenvalue weighted by molar-refractivity contribution is -0.123. The van der Waals surface area contributed by atoms with Crippen molar-refractivity contribution in [2.45, 2.75) is 19.8 Å². The summed E-state index contributed by atoms with van der Waals surface area (Å²) in [6, 6.07) is 7.10. The number of nitrogen functional groups attached to an aromatic ring is 1. The molecular weight excluding hydrogens is 244 g/mol. The molecule has 5 nitrogen and oxygen atoms in total. The van der Waals surface area contributed by atoms with Gasteiger partial charge in [0.05, 0.1) is 5.69 Å². The number of amides is 1. The summed E-state index contributed by atoms with van der Waals surface area (Å²) in [6.45, 7) is 4.07. The van der Waals surface area contributed by atoms with Gasteiger partial charge in [-0.1, -0.05) is 19.1 Å². The molecular formula is C14H22N2O3. The molecule has 0 aliphatic heterocycles. The van der Waals surface area contributed by atoms with Gasteiger partial charge in [-0.15, -0.1) is 0 Å². The number of hydrogen-bond acceptors (Lipinski definition) is 4. The van der Waals surface area contributed by atoms with E-state index in [9.17, 15) is 4.79 Å². The van der Waals surface area contributed by atoms with Gasteiger partial charge in [-0.25, -0.2) is 0 Å². The van der Waals surface area contributed by atoms with Crippen LogP contribution >= 0.6 is 0 Å². The number of carbonyl (C=O) groups is 1. The molecule has 5 heteroatoms. The molecule has 106 valence electrons. The molecule has 1 aromatic rings. The third kappa shape index (κ3) is 6.67. The maximum Gasteiger partial charge on any atom is 0.257 e. The molecule has 0 spiro atoms. The van der Waals surface area contributed by atoms with E-state index in [4.69, 9.17) is 15.2 Å². The van der Waals surface area contributed by atoms with Gasteiger partial charge in [-0.3, -0.25) is 4.79 Å². The Morgan fingerprint density at radius 2 is 2.11 bits per heavy atom. The first-order valence-corrected chi connectivity index (χ1v) is 6.55. The van der Waals surface area contributed by atoms with Crippen LogP contribution < -0.4 is 15.8 Å². The van der Waals surface area contributed by atoms with E-state index in [0.29, 0.717) is 24.6 Å². The van der Waals surface area contributed by atoms with Gasteiger partial charge in [-0.05, 0) is 25.0 Å². The number of ether oxygens (including phenoxy) is 2. The molecule has 1 rings (SSSR count). The van der Waals surface area contributed by atoms with Crippen molar-refractivity contribution in [2.24, 2.45) is 0 Å². The predicted octanol–water partition coefficient (Wildman–Crippen LogP) is 1.58. The first-order valence-electron chi connectivity index (χ1n) is 6.55. The van der Waals surface area contributed by atoms with Crippen LogP contribution in [0.1, 0.15) is 19.8 Å². The number of rotatable bonds is 9. The Hall–Kier alpha value is -1.75. The molecule has 0 unspecified atom stereocenters. The van der Waals surface area contributed by atoms with E-state index in [0.717, 1.165) is 19.4 Å². The Kier molecular flexibility index (Phi) is 7.43. The summed E-state index contributed by atoms with van der Waals surface area (Å²) in [6.07, 6.45) is 1.82. The molecule has 0 atom stereocenters. The molecule has 0 saturated carbocycles. The highest BCUT2D eigenvalue weighted by atomic mass is 16.5. The molecule has 0 bridgehead atoms. The Morgan fingerprint density at radius 1 is 1.32 bits per heavy atom. The number of carbonyl (C=O) groups excluding carboxylic acids is 1. The minimum Gasteiger partial charge on any atom is -0.482 e. The van der Waals surface area contributed by atoms with E-state index in [-0.39, 0.29) is 12.5 Å². The van der Waals surface area contributed by atoms with Crippen LogP contribution in [0.4, 0.5) is 5.69 Å². The Bertz CT molecular complexity index is 383. The third-order valence-electron chi connectivity index (χ3n) is 2.41. The highest BCUT2D eigenvalue weighted by Crippen LogP contribution is 2.19. The second kappa shape index (κ2) is 9.22. The lowest BCUT2D eigenvalue weighted by atomic mass is 10.3. The second-order valence-corrected chi connectivity index (χ2v) is 4.14. The first-order chi connectivity index (χ1) is 9.24. The average molecular weight is 266 g/mol. The van der Waals surface area contributed by atoms with E-state index >= 15 is 0 Å². The molecule has 0 saturated heterocycles. The molecule has 1 aromatic carbocycles. The summed E-state index contributed by atoms with van der Waals surface area (Å²) in [5, 5.41) is 2.76. The van der Waals surface area contributed by atoms with Crippen molar-refractivity contribution in [1.82, 2.24) is 5.32 Å². The van der Waals surface area contributed by atoms with Gasteiger partial charge >= 0.3 is 0 Å². The Morgan fingerprint density at radius 3 is 2.84 bits per heavy atom. The van der Waals surface area contributed by atoms with Gasteiger partial charge in [-0.2, -0.15) is 0 Å². The number of hydrogen-bond donors (Lipinski definition) is 2. The normalized spacial score (nSPS) is 10.2. The zero-order chi connectivity index (χ0) is 13.9. The van der Waals surface area contributed by atoms with Crippen molar-refractivity contribution < 1.29 is 14.3 Å². The van der Waals surface area contributed by atoms with Gasteiger partial charge in [0.2, 0.25) is 0 Å². The maximum absolute atomic E-state index is 11.5. The van der Waals surface area contributed by atoms with Crippen LogP contribution in [-0.2, 0) is 9.53 Å². The summed E-state index contributed by atoms with van der Waals surface area (Å²) in [5.41, 5.74) is 6.23. The number of nitrogens with one attached hydrogen (secondary N) is 1. The average Bonchev–Trinajstić information content (AvgIpc) is 2.42. The van der Waals surface area contributed by atoms with Crippen LogP contribution in [-0.4, -0.2) is 32.3 Å². The van der Waals surface area contributed by atoms with Crippen molar-refractivity contribution in [3.05, 3.63) is 24.3 Å². The van der Waals surface area contributed by atoms with Crippen LogP contribution in [0, 0.1) is 0 Å².